The first-order valence-corrected chi connectivity index (χ1v) is 7.71. The Labute approximate surface area is 128 Å². The zero-order valence-corrected chi connectivity index (χ0v) is 12.6. The number of carbonyl (C=O) groups is 1. The molecular weight excluding hydrogens is 283 g/mol. The predicted molar refractivity (Wildman–Crippen MR) is 79.9 cm³/mol. The molecule has 0 bridgehead atoms. The van der Waals surface area contributed by atoms with E-state index in [0.29, 0.717) is 12.1 Å². The first-order valence-electron chi connectivity index (χ1n) is 7.71. The molecule has 1 aromatic heterocycles. The molecule has 0 aliphatic carbocycles. The van der Waals surface area contributed by atoms with Gasteiger partial charge in [0.05, 0.1) is 6.04 Å². The quantitative estimate of drug-likeness (QED) is 0.864. The molecule has 1 fully saturated rings. The largest absolute Gasteiger partial charge is 0.361 e. The lowest BCUT2D eigenvalue weighted by Crippen LogP contribution is -2.30. The number of carbonyl (C=O) groups excluding carboxylic acids is 1. The molecule has 116 valence electrons. The monoisotopic (exact) mass is 302 g/mol. The van der Waals surface area contributed by atoms with Crippen LogP contribution in [0.3, 0.4) is 0 Å². The topological polar surface area (TPSA) is 46.3 Å². The minimum atomic E-state index is -0.338. The molecule has 1 aliphatic heterocycles. The van der Waals surface area contributed by atoms with Gasteiger partial charge in [-0.2, -0.15) is 0 Å². The first kappa shape index (κ1) is 14.8. The van der Waals surface area contributed by atoms with E-state index in [2.05, 4.69) is 12.1 Å². The van der Waals surface area contributed by atoms with Crippen LogP contribution in [0.15, 0.2) is 34.9 Å². The maximum Gasteiger partial charge on any atom is 0.254 e. The van der Waals surface area contributed by atoms with Gasteiger partial charge in [0.2, 0.25) is 0 Å². The maximum atomic E-state index is 13.0. The number of nitrogens with zero attached hydrogens (tertiary/aromatic N) is 2. The number of likely N-dealkylation sites (tertiary alicyclic amines) is 1. The standard InChI is InChI=1S/C17H19FN2O2/c1-2-4-14-11-15(19-22-14)16-5-3-10-20(16)17(21)12-6-8-13(18)9-7-12/h6-9,11,16H,2-5,10H2,1H3. The van der Waals surface area contributed by atoms with Crippen molar-refractivity contribution in [3.05, 3.63) is 53.2 Å². The average molecular weight is 302 g/mol. The molecule has 1 saturated heterocycles. The normalized spacial score (nSPS) is 17.9. The van der Waals surface area contributed by atoms with Crippen LogP contribution in [0.5, 0.6) is 0 Å². The van der Waals surface area contributed by atoms with E-state index in [4.69, 9.17) is 4.52 Å². The van der Waals surface area contributed by atoms with Crippen molar-refractivity contribution in [1.29, 1.82) is 0 Å². The van der Waals surface area contributed by atoms with Crippen molar-refractivity contribution in [2.75, 3.05) is 6.54 Å². The number of rotatable bonds is 4. The van der Waals surface area contributed by atoms with Gasteiger partial charge in [-0.1, -0.05) is 12.1 Å². The molecule has 0 radical (unpaired) electrons. The van der Waals surface area contributed by atoms with E-state index in [9.17, 15) is 9.18 Å². The fourth-order valence-electron chi connectivity index (χ4n) is 2.93. The SMILES string of the molecule is CCCc1cc(C2CCCN2C(=O)c2ccc(F)cc2)no1. The second-order valence-electron chi connectivity index (χ2n) is 5.63. The summed E-state index contributed by atoms with van der Waals surface area (Å²) >= 11 is 0. The smallest absolute Gasteiger partial charge is 0.254 e. The number of benzene rings is 1. The fraction of sp³-hybridized carbons (Fsp3) is 0.412. The minimum Gasteiger partial charge on any atom is -0.361 e. The van der Waals surface area contributed by atoms with Gasteiger partial charge in [0.1, 0.15) is 17.3 Å². The van der Waals surface area contributed by atoms with Crippen LogP contribution in [0.25, 0.3) is 0 Å². The van der Waals surface area contributed by atoms with Crippen molar-refractivity contribution >= 4 is 5.91 Å². The van der Waals surface area contributed by atoms with Crippen LogP contribution < -0.4 is 0 Å². The van der Waals surface area contributed by atoms with Gasteiger partial charge >= 0.3 is 0 Å². The Morgan fingerprint density at radius 2 is 2.18 bits per heavy atom. The van der Waals surface area contributed by atoms with Gasteiger partial charge in [0.25, 0.3) is 5.91 Å². The third-order valence-electron chi connectivity index (χ3n) is 4.02. The lowest BCUT2D eigenvalue weighted by molar-refractivity contribution is 0.0731. The molecule has 3 rings (SSSR count). The van der Waals surface area contributed by atoms with E-state index in [1.807, 2.05) is 6.07 Å². The molecule has 1 aromatic carbocycles. The Morgan fingerprint density at radius 1 is 1.41 bits per heavy atom. The number of aromatic nitrogens is 1. The number of aryl methyl sites for hydroxylation is 1. The Kier molecular flexibility index (Phi) is 4.22. The van der Waals surface area contributed by atoms with Crippen molar-refractivity contribution in [3.8, 4) is 0 Å². The van der Waals surface area contributed by atoms with E-state index in [-0.39, 0.29) is 17.8 Å². The summed E-state index contributed by atoms with van der Waals surface area (Å²) in [6.07, 6.45) is 3.67. The van der Waals surface area contributed by atoms with Gasteiger partial charge in [-0.05, 0) is 43.5 Å². The predicted octanol–water partition coefficient (Wildman–Crippen LogP) is 3.74. The maximum absolute atomic E-state index is 13.0. The third-order valence-corrected chi connectivity index (χ3v) is 4.02. The highest BCUT2D eigenvalue weighted by Crippen LogP contribution is 2.33. The van der Waals surface area contributed by atoms with Crippen molar-refractivity contribution in [1.82, 2.24) is 10.1 Å². The first-order chi connectivity index (χ1) is 10.7. The summed E-state index contributed by atoms with van der Waals surface area (Å²) in [5, 5.41) is 4.13. The number of hydrogen-bond acceptors (Lipinski definition) is 3. The second-order valence-corrected chi connectivity index (χ2v) is 5.63. The Bertz CT molecular complexity index is 651. The highest BCUT2D eigenvalue weighted by molar-refractivity contribution is 5.94. The number of hydrogen-bond donors (Lipinski definition) is 0. The molecule has 2 heterocycles. The molecule has 1 aliphatic rings. The van der Waals surface area contributed by atoms with Crippen molar-refractivity contribution < 1.29 is 13.7 Å². The highest BCUT2D eigenvalue weighted by atomic mass is 19.1. The lowest BCUT2D eigenvalue weighted by Gasteiger charge is -2.23. The van der Waals surface area contributed by atoms with Gasteiger partial charge in [-0.3, -0.25) is 4.79 Å². The lowest BCUT2D eigenvalue weighted by atomic mass is 10.1. The van der Waals surface area contributed by atoms with Crippen molar-refractivity contribution in [2.24, 2.45) is 0 Å². The zero-order chi connectivity index (χ0) is 15.5. The Balaban J connectivity index is 1.79. The molecule has 5 heteroatoms. The summed E-state index contributed by atoms with van der Waals surface area (Å²) < 4.78 is 18.3. The molecule has 1 unspecified atom stereocenters. The van der Waals surface area contributed by atoms with Gasteiger partial charge in [-0.25, -0.2) is 4.39 Å². The summed E-state index contributed by atoms with van der Waals surface area (Å²) in [7, 11) is 0. The summed E-state index contributed by atoms with van der Waals surface area (Å²) in [6.45, 7) is 2.78. The number of halogens is 1. The van der Waals surface area contributed by atoms with Crippen LogP contribution in [0, 0.1) is 5.82 Å². The minimum absolute atomic E-state index is 0.0492. The summed E-state index contributed by atoms with van der Waals surface area (Å²) in [4.78, 5) is 14.4. The van der Waals surface area contributed by atoms with E-state index < -0.39 is 0 Å². The van der Waals surface area contributed by atoms with E-state index in [1.54, 1.807) is 4.90 Å². The third kappa shape index (κ3) is 2.89. The van der Waals surface area contributed by atoms with Gasteiger partial charge in [0.15, 0.2) is 0 Å². The van der Waals surface area contributed by atoms with Gasteiger partial charge in [0, 0.05) is 24.6 Å². The van der Waals surface area contributed by atoms with E-state index >= 15 is 0 Å². The molecule has 2 aromatic rings. The van der Waals surface area contributed by atoms with Crippen LogP contribution in [-0.4, -0.2) is 22.5 Å². The summed E-state index contributed by atoms with van der Waals surface area (Å²) in [5.41, 5.74) is 1.32. The molecule has 0 saturated carbocycles. The van der Waals surface area contributed by atoms with Crippen LogP contribution >= 0.6 is 0 Å². The van der Waals surface area contributed by atoms with Gasteiger partial charge < -0.3 is 9.42 Å². The summed E-state index contributed by atoms with van der Waals surface area (Å²) in [5.74, 6) is 0.441. The molecule has 22 heavy (non-hydrogen) atoms. The zero-order valence-electron chi connectivity index (χ0n) is 12.6. The van der Waals surface area contributed by atoms with Crippen molar-refractivity contribution in [2.45, 2.75) is 38.6 Å². The summed E-state index contributed by atoms with van der Waals surface area (Å²) in [6, 6.07) is 7.58. The molecule has 0 spiro atoms. The Hall–Kier alpha value is -2.17. The molecule has 0 N–H and O–H groups in total. The average Bonchev–Trinajstić information content (AvgIpc) is 3.16. The van der Waals surface area contributed by atoms with Crippen LogP contribution in [0.1, 0.15) is 54.0 Å². The van der Waals surface area contributed by atoms with Crippen molar-refractivity contribution in [3.63, 3.8) is 0 Å². The van der Waals surface area contributed by atoms with E-state index in [0.717, 1.165) is 37.1 Å². The second kappa shape index (κ2) is 6.30. The molecule has 1 amide bonds. The van der Waals surface area contributed by atoms with E-state index in [1.165, 1.54) is 24.3 Å². The molecule has 4 nitrogen and oxygen atoms in total. The number of amides is 1. The van der Waals surface area contributed by atoms with Crippen LogP contribution in [-0.2, 0) is 6.42 Å². The molecular formula is C17H19FN2O2. The van der Waals surface area contributed by atoms with Crippen LogP contribution in [0.2, 0.25) is 0 Å². The highest BCUT2D eigenvalue weighted by Gasteiger charge is 2.32. The fourth-order valence-corrected chi connectivity index (χ4v) is 2.93. The molecule has 1 atom stereocenters. The van der Waals surface area contributed by atoms with Gasteiger partial charge in [-0.15, -0.1) is 0 Å². The van der Waals surface area contributed by atoms with Crippen LogP contribution in [0.4, 0.5) is 4.39 Å². The Morgan fingerprint density at radius 3 is 2.91 bits per heavy atom.